The van der Waals surface area contributed by atoms with Gasteiger partial charge in [0.1, 0.15) is 29.6 Å². The van der Waals surface area contributed by atoms with Crippen LogP contribution < -0.4 is 9.64 Å². The first-order valence-corrected chi connectivity index (χ1v) is 8.09. The van der Waals surface area contributed by atoms with Gasteiger partial charge in [0.2, 0.25) is 6.30 Å². The first kappa shape index (κ1) is 16.3. The molecule has 5 nitrogen and oxygen atoms in total. The van der Waals surface area contributed by atoms with Gasteiger partial charge in [-0.2, -0.15) is 5.10 Å². The number of carbonyl (C=O) groups is 1. The second-order valence-electron chi connectivity index (χ2n) is 5.89. The highest BCUT2D eigenvalue weighted by atomic mass is 19.1. The molecule has 0 saturated carbocycles. The van der Waals surface area contributed by atoms with Gasteiger partial charge in [-0.05, 0) is 42.5 Å². The number of para-hydroxylation sites is 1. The number of nitrogens with zero attached hydrogens (tertiary/aromatic N) is 3. The second kappa shape index (κ2) is 6.59. The molecule has 0 N–H and O–H groups in total. The van der Waals surface area contributed by atoms with E-state index in [0.29, 0.717) is 17.1 Å². The van der Waals surface area contributed by atoms with E-state index >= 15 is 0 Å². The van der Waals surface area contributed by atoms with E-state index in [1.54, 1.807) is 12.1 Å². The van der Waals surface area contributed by atoms with Crippen LogP contribution in [-0.2, 0) is 6.61 Å². The SMILES string of the molecule is O=C1c2cc(COc3ccccc3)nn2[C@@H](F)CN1c1ccc(F)cc1. The van der Waals surface area contributed by atoms with Gasteiger partial charge in [0.05, 0.1) is 6.54 Å². The summed E-state index contributed by atoms with van der Waals surface area (Å²) >= 11 is 0. The molecule has 1 aromatic heterocycles. The average molecular weight is 355 g/mol. The van der Waals surface area contributed by atoms with Crippen molar-refractivity contribution < 1.29 is 18.3 Å². The average Bonchev–Trinajstić information content (AvgIpc) is 3.10. The molecule has 1 atom stereocenters. The number of benzene rings is 2. The van der Waals surface area contributed by atoms with Gasteiger partial charge < -0.3 is 9.64 Å². The number of hydrogen-bond acceptors (Lipinski definition) is 3. The van der Waals surface area contributed by atoms with Gasteiger partial charge in [-0.1, -0.05) is 18.2 Å². The molecule has 2 aromatic carbocycles. The molecule has 1 amide bonds. The summed E-state index contributed by atoms with van der Waals surface area (Å²) in [6.45, 7) is -0.0569. The van der Waals surface area contributed by atoms with Gasteiger partial charge in [0, 0.05) is 5.69 Å². The van der Waals surface area contributed by atoms with Crippen molar-refractivity contribution in [3.8, 4) is 5.75 Å². The Balaban J connectivity index is 1.56. The number of anilines is 1. The van der Waals surface area contributed by atoms with E-state index in [2.05, 4.69) is 5.10 Å². The summed E-state index contributed by atoms with van der Waals surface area (Å²) < 4.78 is 34.3. The zero-order chi connectivity index (χ0) is 18.1. The molecule has 3 aromatic rings. The fraction of sp³-hybridized carbons (Fsp3) is 0.158. The highest BCUT2D eigenvalue weighted by Crippen LogP contribution is 2.28. The second-order valence-corrected chi connectivity index (χ2v) is 5.89. The van der Waals surface area contributed by atoms with Gasteiger partial charge in [0.15, 0.2) is 0 Å². The van der Waals surface area contributed by atoms with Crippen molar-refractivity contribution in [1.82, 2.24) is 9.78 Å². The van der Waals surface area contributed by atoms with Gasteiger partial charge in [-0.25, -0.2) is 13.5 Å². The van der Waals surface area contributed by atoms with Crippen LogP contribution in [0.15, 0.2) is 60.7 Å². The largest absolute Gasteiger partial charge is 0.487 e. The summed E-state index contributed by atoms with van der Waals surface area (Å²) in [5.41, 5.74) is 1.04. The molecule has 132 valence electrons. The van der Waals surface area contributed by atoms with Crippen molar-refractivity contribution in [3.63, 3.8) is 0 Å². The monoisotopic (exact) mass is 355 g/mol. The van der Waals surface area contributed by atoms with Crippen LogP contribution in [0.1, 0.15) is 22.5 Å². The molecular formula is C19H15F2N3O2. The van der Waals surface area contributed by atoms with Gasteiger partial charge >= 0.3 is 0 Å². The molecule has 7 heteroatoms. The Morgan fingerprint density at radius 2 is 1.85 bits per heavy atom. The van der Waals surface area contributed by atoms with Crippen molar-refractivity contribution >= 4 is 11.6 Å². The number of amides is 1. The third-order valence-electron chi connectivity index (χ3n) is 4.12. The predicted octanol–water partition coefficient (Wildman–Crippen LogP) is 3.73. The standard InChI is InChI=1S/C19H15F2N3O2/c20-13-6-8-15(9-7-13)23-11-18(21)24-17(19(23)25)10-14(22-24)12-26-16-4-2-1-3-5-16/h1-10,18H,11-12H2/t18-/m1/s1. The van der Waals surface area contributed by atoms with Crippen LogP contribution in [0.2, 0.25) is 0 Å². The number of ether oxygens (including phenoxy) is 1. The smallest absolute Gasteiger partial charge is 0.276 e. The summed E-state index contributed by atoms with van der Waals surface area (Å²) in [6.07, 6.45) is -1.49. The Labute approximate surface area is 148 Å². The lowest BCUT2D eigenvalue weighted by Crippen LogP contribution is -2.42. The highest BCUT2D eigenvalue weighted by Gasteiger charge is 2.33. The lowest BCUT2D eigenvalue weighted by molar-refractivity contribution is 0.0903. The number of alkyl halides is 1. The van der Waals surface area contributed by atoms with Crippen LogP contribution >= 0.6 is 0 Å². The molecule has 0 saturated heterocycles. The fourth-order valence-corrected chi connectivity index (χ4v) is 2.86. The number of aromatic nitrogens is 2. The van der Waals surface area contributed by atoms with E-state index in [4.69, 9.17) is 4.74 Å². The van der Waals surface area contributed by atoms with Crippen LogP contribution in [0.4, 0.5) is 14.5 Å². The number of rotatable bonds is 4. The van der Waals surface area contributed by atoms with Gasteiger partial charge in [-0.3, -0.25) is 4.79 Å². The third kappa shape index (κ3) is 3.03. The first-order valence-electron chi connectivity index (χ1n) is 8.09. The number of carbonyl (C=O) groups excluding carboxylic acids is 1. The summed E-state index contributed by atoms with van der Waals surface area (Å²) in [5.74, 6) is -0.140. The molecule has 1 aliphatic rings. The Kier molecular flexibility index (Phi) is 4.12. The molecule has 0 aliphatic carbocycles. The van der Waals surface area contributed by atoms with E-state index in [0.717, 1.165) is 4.68 Å². The fourth-order valence-electron chi connectivity index (χ4n) is 2.86. The summed E-state index contributed by atoms with van der Waals surface area (Å²) in [7, 11) is 0. The summed E-state index contributed by atoms with van der Waals surface area (Å²) in [5, 5.41) is 4.15. The molecule has 0 spiro atoms. The van der Waals surface area contributed by atoms with E-state index in [1.165, 1.54) is 35.2 Å². The first-order chi connectivity index (χ1) is 12.6. The Bertz CT molecular complexity index is 926. The minimum atomic E-state index is -1.49. The van der Waals surface area contributed by atoms with Crippen LogP contribution in [0.3, 0.4) is 0 Å². The quantitative estimate of drug-likeness (QED) is 0.716. The maximum absolute atomic E-state index is 14.5. The van der Waals surface area contributed by atoms with Crippen LogP contribution in [0.25, 0.3) is 0 Å². The zero-order valence-corrected chi connectivity index (χ0v) is 13.7. The van der Waals surface area contributed by atoms with Crippen molar-refractivity contribution in [2.75, 3.05) is 11.4 Å². The lowest BCUT2D eigenvalue weighted by Gasteiger charge is -2.29. The van der Waals surface area contributed by atoms with E-state index < -0.39 is 12.1 Å². The van der Waals surface area contributed by atoms with Crippen molar-refractivity contribution in [1.29, 1.82) is 0 Å². The highest BCUT2D eigenvalue weighted by molar-refractivity contribution is 6.05. The zero-order valence-electron chi connectivity index (χ0n) is 13.7. The molecular weight excluding hydrogens is 340 g/mol. The van der Waals surface area contributed by atoms with Crippen LogP contribution in [0.5, 0.6) is 5.75 Å². The Morgan fingerprint density at radius 3 is 2.58 bits per heavy atom. The lowest BCUT2D eigenvalue weighted by atomic mass is 10.2. The minimum absolute atomic E-state index is 0.126. The molecule has 2 heterocycles. The summed E-state index contributed by atoms with van der Waals surface area (Å²) in [6, 6.07) is 16.1. The predicted molar refractivity (Wildman–Crippen MR) is 91.2 cm³/mol. The molecule has 0 radical (unpaired) electrons. The Hall–Kier alpha value is -3.22. The van der Waals surface area contributed by atoms with Gasteiger partial charge in [-0.15, -0.1) is 0 Å². The molecule has 0 bridgehead atoms. The minimum Gasteiger partial charge on any atom is -0.487 e. The van der Waals surface area contributed by atoms with E-state index in [1.807, 2.05) is 18.2 Å². The van der Waals surface area contributed by atoms with Crippen molar-refractivity contribution in [2.24, 2.45) is 0 Å². The van der Waals surface area contributed by atoms with Crippen molar-refractivity contribution in [3.05, 3.63) is 77.9 Å². The number of hydrogen-bond donors (Lipinski definition) is 0. The molecule has 0 fully saturated rings. The van der Waals surface area contributed by atoms with Crippen LogP contribution in [-0.4, -0.2) is 22.2 Å². The van der Waals surface area contributed by atoms with Crippen molar-refractivity contribution in [2.45, 2.75) is 12.9 Å². The van der Waals surface area contributed by atoms with E-state index in [9.17, 15) is 13.6 Å². The van der Waals surface area contributed by atoms with Gasteiger partial charge in [0.25, 0.3) is 5.91 Å². The summed E-state index contributed by atoms with van der Waals surface area (Å²) in [4.78, 5) is 14.0. The maximum Gasteiger partial charge on any atom is 0.276 e. The maximum atomic E-state index is 14.5. The number of fused-ring (bicyclic) bond motifs is 1. The third-order valence-corrected chi connectivity index (χ3v) is 4.12. The normalized spacial score (nSPS) is 16.5. The number of halogens is 2. The topological polar surface area (TPSA) is 47.4 Å². The Morgan fingerprint density at radius 1 is 1.12 bits per heavy atom. The molecule has 4 rings (SSSR count). The van der Waals surface area contributed by atoms with E-state index in [-0.39, 0.29) is 24.8 Å². The molecule has 0 unspecified atom stereocenters. The van der Waals surface area contributed by atoms with Crippen LogP contribution in [0, 0.1) is 5.82 Å². The molecule has 26 heavy (non-hydrogen) atoms. The molecule has 1 aliphatic heterocycles.